The highest BCUT2D eigenvalue weighted by atomic mass is 19.4. The Morgan fingerprint density at radius 1 is 1.24 bits per heavy atom. The van der Waals surface area contributed by atoms with Crippen LogP contribution in [0.5, 0.6) is 5.75 Å². The quantitative estimate of drug-likeness (QED) is 0.581. The molecule has 1 aliphatic rings. The van der Waals surface area contributed by atoms with Crippen molar-refractivity contribution in [2.24, 2.45) is 10.4 Å². The van der Waals surface area contributed by atoms with Crippen molar-refractivity contribution in [2.75, 3.05) is 32.9 Å². The number of nitrogens with one attached hydrogen (secondary N) is 2. The highest BCUT2D eigenvalue weighted by molar-refractivity contribution is 5.79. The maximum absolute atomic E-state index is 12.1. The predicted molar refractivity (Wildman–Crippen MR) is 89.7 cm³/mol. The third-order valence-corrected chi connectivity index (χ3v) is 3.67. The summed E-state index contributed by atoms with van der Waals surface area (Å²) >= 11 is 0. The van der Waals surface area contributed by atoms with E-state index < -0.39 is 12.8 Å². The molecule has 0 bridgehead atoms. The molecule has 0 amide bonds. The van der Waals surface area contributed by atoms with Crippen LogP contribution < -0.4 is 15.4 Å². The van der Waals surface area contributed by atoms with Gasteiger partial charge in [0.2, 0.25) is 0 Å². The summed E-state index contributed by atoms with van der Waals surface area (Å²) in [6.45, 7) is 6.23. The molecule has 0 radical (unpaired) electrons. The summed E-state index contributed by atoms with van der Waals surface area (Å²) in [5.74, 6) is 0.890. The van der Waals surface area contributed by atoms with E-state index in [4.69, 9.17) is 4.74 Å². The van der Waals surface area contributed by atoms with Gasteiger partial charge in [0.1, 0.15) is 5.75 Å². The Balaban J connectivity index is 1.86. The molecule has 8 heteroatoms. The van der Waals surface area contributed by atoms with E-state index in [0.29, 0.717) is 12.5 Å². The Morgan fingerprint density at radius 2 is 1.92 bits per heavy atom. The number of alkyl halides is 3. The second kappa shape index (κ2) is 8.42. The Morgan fingerprint density at radius 3 is 2.44 bits per heavy atom. The average molecular weight is 359 g/mol. The highest BCUT2D eigenvalue weighted by Crippen LogP contribution is 2.25. The van der Waals surface area contributed by atoms with Gasteiger partial charge in [0.15, 0.2) is 12.6 Å². The van der Waals surface area contributed by atoms with Crippen molar-refractivity contribution in [1.82, 2.24) is 10.6 Å². The lowest BCUT2D eigenvalue weighted by Gasteiger charge is -2.38. The molecule has 5 nitrogen and oxygen atoms in total. The normalized spacial score (nSPS) is 16.9. The molecule has 1 aliphatic heterocycles. The van der Waals surface area contributed by atoms with Gasteiger partial charge in [0.25, 0.3) is 0 Å². The van der Waals surface area contributed by atoms with E-state index in [-0.39, 0.29) is 11.2 Å². The second-order valence-electron chi connectivity index (χ2n) is 6.40. The van der Waals surface area contributed by atoms with Gasteiger partial charge in [-0.05, 0) is 24.6 Å². The number of hydrogen-bond donors (Lipinski definition) is 2. The molecular formula is C17H24F3N3O2. The van der Waals surface area contributed by atoms with Crippen LogP contribution in [-0.2, 0) is 11.3 Å². The van der Waals surface area contributed by atoms with Crippen molar-refractivity contribution in [3.05, 3.63) is 29.8 Å². The molecule has 140 valence electrons. The van der Waals surface area contributed by atoms with Gasteiger partial charge in [-0.25, -0.2) is 4.99 Å². The van der Waals surface area contributed by atoms with Crippen molar-refractivity contribution in [3.63, 3.8) is 0 Å². The molecule has 1 heterocycles. The minimum Gasteiger partial charge on any atom is -0.484 e. The Kier molecular flexibility index (Phi) is 6.52. The lowest BCUT2D eigenvalue weighted by Crippen LogP contribution is -2.51. The van der Waals surface area contributed by atoms with Crippen LogP contribution in [0.2, 0.25) is 0 Å². The van der Waals surface area contributed by atoms with Crippen LogP contribution in [0.25, 0.3) is 0 Å². The molecule has 1 aromatic carbocycles. The van der Waals surface area contributed by atoms with Gasteiger partial charge in [0, 0.05) is 18.5 Å². The largest absolute Gasteiger partial charge is 0.484 e. The van der Waals surface area contributed by atoms with E-state index in [1.54, 1.807) is 12.1 Å². The molecule has 1 aromatic rings. The summed E-state index contributed by atoms with van der Waals surface area (Å²) in [5.41, 5.74) is 1.02. The molecule has 25 heavy (non-hydrogen) atoms. The van der Waals surface area contributed by atoms with Crippen molar-refractivity contribution < 1.29 is 22.6 Å². The summed E-state index contributed by atoms with van der Waals surface area (Å²) in [5, 5.41) is 6.46. The standard InChI is InChI=1S/C17H24F3N3O2/c1-3-21-15(23-9-16(2)10-24-11-16)22-8-13-4-6-14(7-5-13)25-12-17(18,19)20/h4-7H,3,8-12H2,1-2H3,(H2,21,22,23). The average Bonchev–Trinajstić information content (AvgIpc) is 2.54. The van der Waals surface area contributed by atoms with Gasteiger partial charge >= 0.3 is 6.18 Å². The summed E-state index contributed by atoms with van der Waals surface area (Å²) < 4.78 is 46.3. The first-order valence-electron chi connectivity index (χ1n) is 8.18. The zero-order valence-corrected chi connectivity index (χ0v) is 14.4. The molecule has 0 unspecified atom stereocenters. The van der Waals surface area contributed by atoms with Crippen molar-refractivity contribution in [1.29, 1.82) is 0 Å². The van der Waals surface area contributed by atoms with Gasteiger partial charge in [-0.1, -0.05) is 19.1 Å². The highest BCUT2D eigenvalue weighted by Gasteiger charge is 2.33. The SMILES string of the molecule is CCNC(=NCc1ccc(OCC(F)(F)F)cc1)NCC1(C)COC1. The van der Waals surface area contributed by atoms with Crippen molar-refractivity contribution >= 4 is 5.96 Å². The smallest absolute Gasteiger partial charge is 0.422 e. The lowest BCUT2D eigenvalue weighted by atomic mass is 9.89. The van der Waals surface area contributed by atoms with Crippen LogP contribution in [0.3, 0.4) is 0 Å². The molecular weight excluding hydrogens is 335 g/mol. The molecule has 0 saturated carbocycles. The van der Waals surface area contributed by atoms with Crippen molar-refractivity contribution in [3.8, 4) is 5.75 Å². The molecule has 1 saturated heterocycles. The topological polar surface area (TPSA) is 54.9 Å². The fourth-order valence-corrected chi connectivity index (χ4v) is 2.22. The van der Waals surface area contributed by atoms with Crippen LogP contribution in [0.15, 0.2) is 29.3 Å². The number of halogens is 3. The van der Waals surface area contributed by atoms with E-state index in [9.17, 15) is 13.2 Å². The Bertz CT molecular complexity index is 569. The van der Waals surface area contributed by atoms with Gasteiger partial charge in [-0.3, -0.25) is 0 Å². The third-order valence-electron chi connectivity index (χ3n) is 3.67. The molecule has 1 fully saturated rings. The maximum atomic E-state index is 12.1. The minimum absolute atomic E-state index is 0.133. The number of nitrogens with zero attached hydrogens (tertiary/aromatic N) is 1. The number of ether oxygens (including phenoxy) is 2. The summed E-state index contributed by atoms with van der Waals surface area (Å²) in [4.78, 5) is 4.49. The fourth-order valence-electron chi connectivity index (χ4n) is 2.22. The Hall–Kier alpha value is -1.96. The fraction of sp³-hybridized carbons (Fsp3) is 0.588. The summed E-state index contributed by atoms with van der Waals surface area (Å²) in [7, 11) is 0. The van der Waals surface area contributed by atoms with Crippen molar-refractivity contribution in [2.45, 2.75) is 26.6 Å². The van der Waals surface area contributed by atoms with Gasteiger partial charge in [0.05, 0.1) is 19.8 Å². The number of guanidine groups is 1. The summed E-state index contributed by atoms with van der Waals surface area (Å²) in [6, 6.07) is 6.45. The van der Waals surface area contributed by atoms with E-state index in [0.717, 1.165) is 31.9 Å². The van der Waals surface area contributed by atoms with E-state index >= 15 is 0 Å². The van der Waals surface area contributed by atoms with Crippen LogP contribution in [0.1, 0.15) is 19.4 Å². The predicted octanol–water partition coefficient (Wildman–Crippen LogP) is 2.72. The van der Waals surface area contributed by atoms with Crippen LogP contribution >= 0.6 is 0 Å². The molecule has 2 rings (SSSR count). The monoisotopic (exact) mass is 359 g/mol. The molecule has 0 aliphatic carbocycles. The first kappa shape index (κ1) is 19.4. The molecule has 0 spiro atoms. The van der Waals surface area contributed by atoms with Gasteiger partial charge < -0.3 is 20.1 Å². The lowest BCUT2D eigenvalue weighted by molar-refractivity contribution is -0.153. The third kappa shape index (κ3) is 6.81. The first-order chi connectivity index (χ1) is 11.8. The Labute approximate surface area is 145 Å². The van der Waals surface area contributed by atoms with Crippen LogP contribution in [0.4, 0.5) is 13.2 Å². The van der Waals surface area contributed by atoms with E-state index in [2.05, 4.69) is 27.3 Å². The summed E-state index contributed by atoms with van der Waals surface area (Å²) in [6.07, 6.45) is -4.34. The zero-order valence-electron chi connectivity index (χ0n) is 14.4. The van der Waals surface area contributed by atoms with Crippen LogP contribution in [0, 0.1) is 5.41 Å². The number of aliphatic imine (C=N–C) groups is 1. The minimum atomic E-state index is -4.34. The van der Waals surface area contributed by atoms with Gasteiger partial charge in [-0.2, -0.15) is 13.2 Å². The van der Waals surface area contributed by atoms with E-state index in [1.807, 2.05) is 6.92 Å². The number of hydrogen-bond acceptors (Lipinski definition) is 3. The maximum Gasteiger partial charge on any atom is 0.422 e. The number of benzene rings is 1. The zero-order chi connectivity index (χ0) is 18.3. The van der Waals surface area contributed by atoms with E-state index in [1.165, 1.54) is 12.1 Å². The molecule has 2 N–H and O–H groups in total. The van der Waals surface area contributed by atoms with Gasteiger partial charge in [-0.15, -0.1) is 0 Å². The molecule has 0 atom stereocenters. The molecule has 0 aromatic heterocycles. The number of rotatable bonds is 7. The first-order valence-corrected chi connectivity index (χ1v) is 8.18. The van der Waals surface area contributed by atoms with Crippen LogP contribution in [-0.4, -0.2) is 45.0 Å². The second-order valence-corrected chi connectivity index (χ2v) is 6.40.